The maximum atomic E-state index is 12.9. The van der Waals surface area contributed by atoms with Crippen molar-refractivity contribution in [1.82, 2.24) is 10.1 Å². The summed E-state index contributed by atoms with van der Waals surface area (Å²) in [5.74, 6) is 2.63. The maximum absolute atomic E-state index is 12.9. The molecule has 7 heteroatoms. The SMILES string of the molecule is O=C(Cc1noc2ccccc12)N1CCSC(c2ccc3c(c2)OCO3)CC1. The fourth-order valence-electron chi connectivity index (χ4n) is 3.72. The Balaban J connectivity index is 1.26. The molecule has 144 valence electrons. The molecule has 2 aliphatic heterocycles. The van der Waals surface area contributed by atoms with E-state index in [2.05, 4.69) is 17.3 Å². The van der Waals surface area contributed by atoms with Crippen LogP contribution < -0.4 is 9.47 Å². The number of thioether (sulfide) groups is 1. The summed E-state index contributed by atoms with van der Waals surface area (Å²) in [5, 5.41) is 5.36. The van der Waals surface area contributed by atoms with Gasteiger partial charge in [0.25, 0.3) is 0 Å². The molecule has 0 radical (unpaired) electrons. The summed E-state index contributed by atoms with van der Waals surface area (Å²) in [4.78, 5) is 14.8. The van der Waals surface area contributed by atoms with Crippen molar-refractivity contribution in [2.75, 3.05) is 25.6 Å². The van der Waals surface area contributed by atoms with E-state index in [1.807, 2.05) is 47.0 Å². The third-order valence-electron chi connectivity index (χ3n) is 5.23. The number of benzene rings is 2. The molecular formula is C21H20N2O4S. The molecule has 1 atom stereocenters. The fraction of sp³-hybridized carbons (Fsp3) is 0.333. The van der Waals surface area contributed by atoms with Crippen molar-refractivity contribution in [3.05, 3.63) is 53.7 Å². The van der Waals surface area contributed by atoms with Crippen LogP contribution in [0.3, 0.4) is 0 Å². The second-order valence-electron chi connectivity index (χ2n) is 6.94. The van der Waals surface area contributed by atoms with Crippen LogP contribution in [-0.4, -0.2) is 41.6 Å². The predicted octanol–water partition coefficient (Wildman–Crippen LogP) is 3.81. The number of hydrogen-bond donors (Lipinski definition) is 0. The van der Waals surface area contributed by atoms with E-state index < -0.39 is 0 Å². The third kappa shape index (κ3) is 3.30. The van der Waals surface area contributed by atoms with Crippen LogP contribution in [0, 0.1) is 0 Å². The lowest BCUT2D eigenvalue weighted by molar-refractivity contribution is -0.130. The monoisotopic (exact) mass is 396 g/mol. The molecule has 1 unspecified atom stereocenters. The average molecular weight is 396 g/mol. The van der Waals surface area contributed by atoms with E-state index in [4.69, 9.17) is 14.0 Å². The summed E-state index contributed by atoms with van der Waals surface area (Å²) >= 11 is 1.89. The van der Waals surface area contributed by atoms with Crippen molar-refractivity contribution in [2.45, 2.75) is 18.1 Å². The Morgan fingerprint density at radius 1 is 1.14 bits per heavy atom. The summed E-state index contributed by atoms with van der Waals surface area (Å²) in [6, 6.07) is 13.8. The van der Waals surface area contributed by atoms with Crippen molar-refractivity contribution < 1.29 is 18.8 Å². The Bertz CT molecular complexity index is 1020. The van der Waals surface area contributed by atoms with Crippen LogP contribution in [0.5, 0.6) is 11.5 Å². The molecule has 2 aliphatic rings. The number of nitrogens with zero attached hydrogens (tertiary/aromatic N) is 2. The van der Waals surface area contributed by atoms with Gasteiger partial charge in [0, 0.05) is 29.5 Å². The van der Waals surface area contributed by atoms with Crippen LogP contribution in [-0.2, 0) is 11.2 Å². The van der Waals surface area contributed by atoms with Crippen molar-refractivity contribution in [1.29, 1.82) is 0 Å². The highest BCUT2D eigenvalue weighted by molar-refractivity contribution is 7.99. The normalized spacial score (nSPS) is 19.0. The largest absolute Gasteiger partial charge is 0.454 e. The first-order valence-corrected chi connectivity index (χ1v) is 10.4. The highest BCUT2D eigenvalue weighted by Gasteiger charge is 2.25. The fourth-order valence-corrected chi connectivity index (χ4v) is 4.94. The summed E-state index contributed by atoms with van der Waals surface area (Å²) in [6.07, 6.45) is 1.19. The first kappa shape index (κ1) is 17.4. The van der Waals surface area contributed by atoms with E-state index in [1.165, 1.54) is 5.56 Å². The molecule has 0 saturated carbocycles. The zero-order valence-corrected chi connectivity index (χ0v) is 16.1. The first-order valence-electron chi connectivity index (χ1n) is 9.40. The van der Waals surface area contributed by atoms with E-state index >= 15 is 0 Å². The van der Waals surface area contributed by atoms with Gasteiger partial charge in [0.05, 0.1) is 6.42 Å². The van der Waals surface area contributed by atoms with Crippen LogP contribution in [0.2, 0.25) is 0 Å². The van der Waals surface area contributed by atoms with E-state index in [0.717, 1.165) is 47.7 Å². The van der Waals surface area contributed by atoms with Crippen molar-refractivity contribution in [3.63, 3.8) is 0 Å². The van der Waals surface area contributed by atoms with Gasteiger partial charge in [-0.25, -0.2) is 0 Å². The van der Waals surface area contributed by atoms with Crippen LogP contribution in [0.1, 0.15) is 22.9 Å². The number of carbonyl (C=O) groups is 1. The number of ether oxygens (including phenoxy) is 2. The Morgan fingerprint density at radius 3 is 3.00 bits per heavy atom. The lowest BCUT2D eigenvalue weighted by Crippen LogP contribution is -2.34. The van der Waals surface area contributed by atoms with Gasteiger partial charge in [-0.1, -0.05) is 23.4 Å². The standard InChI is InChI=1S/C21H20N2O4S/c24-21(12-16-15-3-1-2-4-17(15)27-22-16)23-8-7-20(28-10-9-23)14-5-6-18-19(11-14)26-13-25-18/h1-6,11,20H,7-10,12-13H2. The minimum absolute atomic E-state index is 0.103. The summed E-state index contributed by atoms with van der Waals surface area (Å²) in [5.41, 5.74) is 2.66. The van der Waals surface area contributed by atoms with Crippen molar-refractivity contribution in [2.24, 2.45) is 0 Å². The van der Waals surface area contributed by atoms with Gasteiger partial charge in [0.2, 0.25) is 12.7 Å². The topological polar surface area (TPSA) is 64.8 Å². The lowest BCUT2D eigenvalue weighted by Gasteiger charge is -2.20. The van der Waals surface area contributed by atoms with Gasteiger partial charge in [-0.15, -0.1) is 0 Å². The number of carbonyl (C=O) groups excluding carboxylic acids is 1. The molecule has 2 aromatic carbocycles. The number of fused-ring (bicyclic) bond motifs is 2. The number of amides is 1. The molecule has 5 rings (SSSR count). The zero-order chi connectivity index (χ0) is 18.9. The van der Waals surface area contributed by atoms with Crippen molar-refractivity contribution >= 4 is 28.6 Å². The molecule has 1 fully saturated rings. The van der Waals surface area contributed by atoms with Crippen molar-refractivity contribution in [3.8, 4) is 11.5 Å². The third-order valence-corrected chi connectivity index (χ3v) is 6.56. The molecule has 1 aromatic heterocycles. The quantitative estimate of drug-likeness (QED) is 0.671. The maximum Gasteiger partial charge on any atom is 0.231 e. The summed E-state index contributed by atoms with van der Waals surface area (Å²) in [6.45, 7) is 1.77. The first-order chi connectivity index (χ1) is 13.8. The Morgan fingerprint density at radius 2 is 2.04 bits per heavy atom. The van der Waals surface area contributed by atoms with Crippen LogP contribution in [0.15, 0.2) is 47.0 Å². The second kappa shape index (κ2) is 7.39. The number of para-hydroxylation sites is 1. The average Bonchev–Trinajstić information content (AvgIpc) is 3.27. The second-order valence-corrected chi connectivity index (χ2v) is 8.25. The smallest absolute Gasteiger partial charge is 0.231 e. The molecule has 3 heterocycles. The summed E-state index contributed by atoms with van der Waals surface area (Å²) in [7, 11) is 0. The van der Waals surface area contributed by atoms with E-state index in [9.17, 15) is 4.79 Å². The van der Waals surface area contributed by atoms with Gasteiger partial charge in [0.15, 0.2) is 17.1 Å². The molecule has 28 heavy (non-hydrogen) atoms. The zero-order valence-electron chi connectivity index (χ0n) is 15.3. The summed E-state index contributed by atoms with van der Waals surface area (Å²) < 4.78 is 16.2. The minimum Gasteiger partial charge on any atom is -0.454 e. The van der Waals surface area contributed by atoms with Gasteiger partial charge in [-0.2, -0.15) is 11.8 Å². The van der Waals surface area contributed by atoms with Gasteiger partial charge >= 0.3 is 0 Å². The molecule has 1 saturated heterocycles. The van der Waals surface area contributed by atoms with Gasteiger partial charge in [-0.05, 0) is 36.2 Å². The molecule has 0 N–H and O–H groups in total. The van der Waals surface area contributed by atoms with Gasteiger partial charge in [-0.3, -0.25) is 4.79 Å². The van der Waals surface area contributed by atoms with Gasteiger partial charge in [0.1, 0.15) is 5.69 Å². The van der Waals surface area contributed by atoms with E-state index in [1.54, 1.807) is 0 Å². The van der Waals surface area contributed by atoms with Crippen LogP contribution in [0.25, 0.3) is 11.0 Å². The highest BCUT2D eigenvalue weighted by atomic mass is 32.2. The van der Waals surface area contributed by atoms with Crippen LogP contribution in [0.4, 0.5) is 0 Å². The van der Waals surface area contributed by atoms with E-state index in [0.29, 0.717) is 10.9 Å². The Labute approximate surface area is 166 Å². The molecule has 0 aliphatic carbocycles. The Kier molecular flexibility index (Phi) is 4.60. The number of hydrogen-bond acceptors (Lipinski definition) is 6. The van der Waals surface area contributed by atoms with Crippen LogP contribution >= 0.6 is 11.8 Å². The van der Waals surface area contributed by atoms with Gasteiger partial charge < -0.3 is 18.9 Å². The number of aromatic nitrogens is 1. The minimum atomic E-state index is 0.103. The lowest BCUT2D eigenvalue weighted by atomic mass is 10.1. The Hall–Kier alpha value is -2.67. The molecule has 1 amide bonds. The number of rotatable bonds is 3. The highest BCUT2D eigenvalue weighted by Crippen LogP contribution is 2.40. The molecule has 0 spiro atoms. The molecule has 0 bridgehead atoms. The van der Waals surface area contributed by atoms with E-state index in [-0.39, 0.29) is 19.1 Å². The molecule has 3 aromatic rings. The molecule has 6 nitrogen and oxygen atoms in total. The predicted molar refractivity (Wildman–Crippen MR) is 107 cm³/mol. The molecular weight excluding hydrogens is 376 g/mol.